The number of nitrogens with zero attached hydrogens (tertiary/aromatic N) is 2. The first-order chi connectivity index (χ1) is 14.2. The highest BCUT2D eigenvalue weighted by Crippen LogP contribution is 2.20. The zero-order valence-corrected chi connectivity index (χ0v) is 17.3. The Morgan fingerprint density at radius 2 is 2.03 bits per heavy atom. The Bertz CT molecular complexity index is 751. The molecule has 2 rings (SSSR count). The average molecular weight is 422 g/mol. The van der Waals surface area contributed by atoms with Gasteiger partial charge in [-0.05, 0) is 25.2 Å². The Morgan fingerprint density at radius 3 is 2.60 bits per heavy atom. The molecule has 2 heterocycles. The third kappa shape index (κ3) is 6.28. The maximum atomic E-state index is 13.2. The predicted octanol–water partition coefficient (Wildman–Crippen LogP) is -0.998. The number of carbonyl (C=O) groups excluding carboxylic acids is 3. The average Bonchev–Trinajstić information content (AvgIpc) is 3.37. The number of imidazole rings is 1. The van der Waals surface area contributed by atoms with Crippen molar-refractivity contribution in [2.75, 3.05) is 13.1 Å². The van der Waals surface area contributed by atoms with Gasteiger partial charge < -0.3 is 31.4 Å². The number of nitrogens with one attached hydrogen (secondary N) is 3. The maximum Gasteiger partial charge on any atom is 0.326 e. The number of H-pyrrole nitrogens is 1. The van der Waals surface area contributed by atoms with Gasteiger partial charge in [0.1, 0.15) is 18.1 Å². The lowest BCUT2D eigenvalue weighted by atomic mass is 10.0. The van der Waals surface area contributed by atoms with Gasteiger partial charge in [-0.15, -0.1) is 0 Å². The summed E-state index contributed by atoms with van der Waals surface area (Å²) in [6, 6.07) is -2.72. The standard InChI is InChI=1S/C19H30N6O5/c1-11(2)6-14(19(29)30)24-17(27)15-4-3-5-25(15)18(28)13(23-16(26)8-20)7-12-9-21-10-22-12/h9-11,13-15H,3-8,20H2,1-2H3,(H,21,22)(H,23,26)(H,24,27)(H,29,30). The molecule has 1 fully saturated rings. The summed E-state index contributed by atoms with van der Waals surface area (Å²) in [5.74, 6) is -2.44. The molecule has 1 aromatic heterocycles. The number of nitrogens with two attached hydrogens (primary N) is 1. The summed E-state index contributed by atoms with van der Waals surface area (Å²) < 4.78 is 0. The van der Waals surface area contributed by atoms with Crippen LogP contribution in [0.15, 0.2) is 12.5 Å². The van der Waals surface area contributed by atoms with Crippen molar-refractivity contribution in [1.82, 2.24) is 25.5 Å². The molecule has 3 amide bonds. The van der Waals surface area contributed by atoms with Gasteiger partial charge in [0, 0.05) is 24.9 Å². The zero-order chi connectivity index (χ0) is 22.3. The van der Waals surface area contributed by atoms with Gasteiger partial charge in [-0.1, -0.05) is 13.8 Å². The third-order valence-electron chi connectivity index (χ3n) is 4.96. The highest BCUT2D eigenvalue weighted by molar-refractivity contribution is 5.94. The van der Waals surface area contributed by atoms with Gasteiger partial charge in [0.2, 0.25) is 17.7 Å². The Hall–Kier alpha value is -2.95. The molecule has 3 atom stereocenters. The minimum atomic E-state index is -1.11. The molecule has 3 unspecified atom stereocenters. The molecule has 1 saturated heterocycles. The smallest absolute Gasteiger partial charge is 0.326 e. The molecule has 0 aromatic carbocycles. The molecule has 1 aliphatic rings. The summed E-state index contributed by atoms with van der Waals surface area (Å²) in [6.45, 7) is 3.81. The summed E-state index contributed by atoms with van der Waals surface area (Å²) in [5, 5.41) is 14.5. The van der Waals surface area contributed by atoms with Crippen LogP contribution in [-0.2, 0) is 25.6 Å². The molecule has 0 saturated carbocycles. The van der Waals surface area contributed by atoms with Crippen molar-refractivity contribution in [1.29, 1.82) is 0 Å². The number of carbonyl (C=O) groups is 4. The molecule has 1 aliphatic heterocycles. The monoisotopic (exact) mass is 422 g/mol. The van der Waals surface area contributed by atoms with Crippen LogP contribution in [0.5, 0.6) is 0 Å². The highest BCUT2D eigenvalue weighted by atomic mass is 16.4. The Balaban J connectivity index is 2.13. The molecule has 11 nitrogen and oxygen atoms in total. The normalized spacial score (nSPS) is 18.1. The number of carboxylic acids is 1. The first-order valence-corrected chi connectivity index (χ1v) is 10.0. The molecule has 166 valence electrons. The molecule has 6 N–H and O–H groups in total. The van der Waals surface area contributed by atoms with Gasteiger partial charge in [0.05, 0.1) is 12.9 Å². The molecule has 0 bridgehead atoms. The minimum absolute atomic E-state index is 0.0815. The van der Waals surface area contributed by atoms with Crippen molar-refractivity contribution in [2.45, 2.75) is 57.7 Å². The topological polar surface area (TPSA) is 171 Å². The van der Waals surface area contributed by atoms with E-state index in [2.05, 4.69) is 20.6 Å². The van der Waals surface area contributed by atoms with E-state index in [0.29, 0.717) is 25.1 Å². The number of carboxylic acid groups (broad SMARTS) is 1. The molecule has 0 spiro atoms. The van der Waals surface area contributed by atoms with Crippen LogP contribution in [0.4, 0.5) is 0 Å². The van der Waals surface area contributed by atoms with Crippen LogP contribution in [0.1, 0.15) is 38.8 Å². The maximum absolute atomic E-state index is 13.2. The quantitative estimate of drug-likeness (QED) is 0.322. The molecule has 0 aliphatic carbocycles. The van der Waals surface area contributed by atoms with E-state index in [-0.39, 0.29) is 25.3 Å². The van der Waals surface area contributed by atoms with E-state index >= 15 is 0 Å². The summed E-state index contributed by atoms with van der Waals surface area (Å²) in [7, 11) is 0. The lowest BCUT2D eigenvalue weighted by Crippen LogP contribution is -2.56. The first kappa shape index (κ1) is 23.3. The van der Waals surface area contributed by atoms with Gasteiger partial charge in [0.25, 0.3) is 0 Å². The fraction of sp³-hybridized carbons (Fsp3) is 0.632. The number of rotatable bonds is 10. The van der Waals surface area contributed by atoms with Crippen LogP contribution < -0.4 is 16.4 Å². The highest BCUT2D eigenvalue weighted by Gasteiger charge is 2.39. The van der Waals surface area contributed by atoms with Gasteiger partial charge >= 0.3 is 5.97 Å². The van der Waals surface area contributed by atoms with E-state index in [9.17, 15) is 24.3 Å². The SMILES string of the molecule is CC(C)CC(NC(=O)C1CCCN1C(=O)C(Cc1cnc[nH]1)NC(=O)CN)C(=O)O. The van der Waals surface area contributed by atoms with Gasteiger partial charge in [-0.2, -0.15) is 0 Å². The lowest BCUT2D eigenvalue weighted by Gasteiger charge is -2.29. The van der Waals surface area contributed by atoms with Crippen molar-refractivity contribution in [3.05, 3.63) is 18.2 Å². The number of hydrogen-bond acceptors (Lipinski definition) is 6. The number of aliphatic carboxylic acids is 1. The largest absolute Gasteiger partial charge is 0.480 e. The van der Waals surface area contributed by atoms with Crippen molar-refractivity contribution in [3.63, 3.8) is 0 Å². The molecular formula is C19H30N6O5. The van der Waals surface area contributed by atoms with E-state index in [1.165, 1.54) is 11.2 Å². The Labute approximate surface area is 174 Å². The summed E-state index contributed by atoms with van der Waals surface area (Å²) >= 11 is 0. The second kappa shape index (κ2) is 10.7. The van der Waals surface area contributed by atoms with E-state index < -0.39 is 41.8 Å². The molecule has 30 heavy (non-hydrogen) atoms. The molecule has 11 heteroatoms. The number of likely N-dealkylation sites (tertiary alicyclic amines) is 1. The van der Waals surface area contributed by atoms with Crippen molar-refractivity contribution < 1.29 is 24.3 Å². The first-order valence-electron chi connectivity index (χ1n) is 10.0. The van der Waals surface area contributed by atoms with Crippen LogP contribution in [0.25, 0.3) is 0 Å². The number of hydrogen-bond donors (Lipinski definition) is 5. The predicted molar refractivity (Wildman–Crippen MR) is 107 cm³/mol. The van der Waals surface area contributed by atoms with Crippen molar-refractivity contribution in [3.8, 4) is 0 Å². The number of amides is 3. The summed E-state index contributed by atoms with van der Waals surface area (Å²) in [4.78, 5) is 57.5. The second-order valence-electron chi connectivity index (χ2n) is 7.82. The summed E-state index contributed by atoms with van der Waals surface area (Å²) in [5.41, 5.74) is 6.02. The fourth-order valence-electron chi connectivity index (χ4n) is 3.53. The number of aromatic amines is 1. The second-order valence-corrected chi connectivity index (χ2v) is 7.82. The van der Waals surface area contributed by atoms with Crippen molar-refractivity contribution in [2.24, 2.45) is 11.7 Å². The van der Waals surface area contributed by atoms with Crippen LogP contribution in [-0.4, -0.2) is 74.9 Å². The minimum Gasteiger partial charge on any atom is -0.480 e. The molecular weight excluding hydrogens is 392 g/mol. The van der Waals surface area contributed by atoms with Gasteiger partial charge in [0.15, 0.2) is 0 Å². The van der Waals surface area contributed by atoms with Crippen LogP contribution in [0, 0.1) is 5.92 Å². The third-order valence-corrected chi connectivity index (χ3v) is 4.96. The van der Waals surface area contributed by atoms with E-state index in [4.69, 9.17) is 5.73 Å². The van der Waals surface area contributed by atoms with Crippen LogP contribution in [0.3, 0.4) is 0 Å². The van der Waals surface area contributed by atoms with Crippen molar-refractivity contribution >= 4 is 23.7 Å². The van der Waals surface area contributed by atoms with E-state index in [1.807, 2.05) is 13.8 Å². The lowest BCUT2D eigenvalue weighted by molar-refractivity contribution is -0.145. The Kier molecular flexibility index (Phi) is 8.34. The van der Waals surface area contributed by atoms with Crippen LogP contribution >= 0.6 is 0 Å². The van der Waals surface area contributed by atoms with Gasteiger partial charge in [-0.3, -0.25) is 14.4 Å². The summed E-state index contributed by atoms with van der Waals surface area (Å²) in [6.07, 6.45) is 4.50. The van der Waals surface area contributed by atoms with Gasteiger partial charge in [-0.25, -0.2) is 9.78 Å². The Morgan fingerprint density at radius 1 is 1.30 bits per heavy atom. The zero-order valence-electron chi connectivity index (χ0n) is 17.3. The molecule has 1 aromatic rings. The fourth-order valence-corrected chi connectivity index (χ4v) is 3.53. The number of aromatic nitrogens is 2. The molecule has 0 radical (unpaired) electrons. The van der Waals surface area contributed by atoms with Crippen LogP contribution in [0.2, 0.25) is 0 Å². The van der Waals surface area contributed by atoms with E-state index in [1.54, 1.807) is 6.20 Å². The van der Waals surface area contributed by atoms with E-state index in [0.717, 1.165) is 0 Å².